The molecule has 2 N–H and O–H groups in total. The second-order valence-electron chi connectivity index (χ2n) is 4.05. The van der Waals surface area contributed by atoms with Gasteiger partial charge >= 0.3 is 0 Å². The molecule has 2 aromatic rings. The summed E-state index contributed by atoms with van der Waals surface area (Å²) < 4.78 is 4.80. The Morgan fingerprint density at radius 2 is 1.85 bits per heavy atom. The van der Waals surface area contributed by atoms with E-state index < -0.39 is 0 Å². The van der Waals surface area contributed by atoms with Crippen molar-refractivity contribution < 1.29 is 14.1 Å². The number of aromatic nitrogens is 2. The van der Waals surface area contributed by atoms with Crippen molar-refractivity contribution in [1.29, 1.82) is 0 Å². The van der Waals surface area contributed by atoms with Gasteiger partial charge < -0.3 is 15.2 Å². The molecule has 0 aliphatic carbocycles. The van der Waals surface area contributed by atoms with Gasteiger partial charge in [-0.05, 0) is 19.1 Å². The summed E-state index contributed by atoms with van der Waals surface area (Å²) in [7, 11) is 0. The Labute approximate surface area is 115 Å². The van der Waals surface area contributed by atoms with Crippen LogP contribution >= 0.6 is 0 Å². The van der Waals surface area contributed by atoms with Crippen LogP contribution in [-0.2, 0) is 0 Å². The van der Waals surface area contributed by atoms with Gasteiger partial charge in [0.25, 0.3) is 11.8 Å². The summed E-state index contributed by atoms with van der Waals surface area (Å²) in [6.45, 7) is 2.30. The Hall–Kier alpha value is -2.70. The van der Waals surface area contributed by atoms with E-state index in [-0.39, 0.29) is 17.5 Å². The van der Waals surface area contributed by atoms with E-state index in [0.717, 1.165) is 0 Å². The molecular weight excluding hydrogens is 260 g/mol. The lowest BCUT2D eigenvalue weighted by atomic mass is 10.3. The topological polar surface area (TPSA) is 97.1 Å². The van der Waals surface area contributed by atoms with Gasteiger partial charge in [-0.1, -0.05) is 11.2 Å². The largest absolute Gasteiger partial charge is 0.361 e. The van der Waals surface area contributed by atoms with Crippen LogP contribution in [0.25, 0.3) is 0 Å². The van der Waals surface area contributed by atoms with E-state index in [1.807, 2.05) is 0 Å². The van der Waals surface area contributed by atoms with Gasteiger partial charge in [0.2, 0.25) is 0 Å². The van der Waals surface area contributed by atoms with Crippen molar-refractivity contribution in [3.63, 3.8) is 0 Å². The number of rotatable bonds is 5. The minimum absolute atomic E-state index is 0.221. The molecule has 7 nitrogen and oxygen atoms in total. The maximum Gasteiger partial charge on any atom is 0.273 e. The van der Waals surface area contributed by atoms with Crippen LogP contribution in [0.2, 0.25) is 0 Å². The number of carbonyl (C=O) groups excluding carboxylic acids is 2. The first-order valence-electron chi connectivity index (χ1n) is 6.07. The molecule has 0 unspecified atom stereocenters. The number of pyridine rings is 1. The fourth-order valence-corrected chi connectivity index (χ4v) is 1.50. The molecule has 0 bridgehead atoms. The molecule has 104 valence electrons. The monoisotopic (exact) mass is 274 g/mol. The SMILES string of the molecule is Cc1cc(C(=O)NCCNC(=O)c2ccccn2)no1. The van der Waals surface area contributed by atoms with Gasteiger partial charge in [0.15, 0.2) is 5.69 Å². The highest BCUT2D eigenvalue weighted by atomic mass is 16.5. The second-order valence-corrected chi connectivity index (χ2v) is 4.05. The predicted molar refractivity (Wildman–Crippen MR) is 70.1 cm³/mol. The van der Waals surface area contributed by atoms with E-state index in [1.165, 1.54) is 0 Å². The molecule has 0 saturated carbocycles. The van der Waals surface area contributed by atoms with Crippen LogP contribution in [0.4, 0.5) is 0 Å². The maximum absolute atomic E-state index is 11.6. The highest BCUT2D eigenvalue weighted by molar-refractivity contribution is 5.93. The fourth-order valence-electron chi connectivity index (χ4n) is 1.50. The van der Waals surface area contributed by atoms with E-state index in [1.54, 1.807) is 37.4 Å². The molecule has 0 aliphatic heterocycles. The number of hydrogen-bond acceptors (Lipinski definition) is 5. The van der Waals surface area contributed by atoms with E-state index in [2.05, 4.69) is 20.8 Å². The number of nitrogens with zero attached hydrogens (tertiary/aromatic N) is 2. The van der Waals surface area contributed by atoms with Gasteiger partial charge in [-0.15, -0.1) is 0 Å². The number of nitrogens with one attached hydrogen (secondary N) is 2. The molecule has 0 aliphatic rings. The van der Waals surface area contributed by atoms with Crippen LogP contribution in [0.3, 0.4) is 0 Å². The molecule has 0 atom stereocenters. The summed E-state index contributed by atoms with van der Waals surface area (Å²) in [6, 6.07) is 6.63. The Kier molecular flexibility index (Phi) is 4.43. The van der Waals surface area contributed by atoms with Crippen molar-refractivity contribution in [3.8, 4) is 0 Å². The molecule has 20 heavy (non-hydrogen) atoms. The molecule has 7 heteroatoms. The summed E-state index contributed by atoms with van der Waals surface area (Å²) in [5.74, 6) is -0.0512. The third kappa shape index (κ3) is 3.64. The molecule has 2 heterocycles. The highest BCUT2D eigenvalue weighted by Gasteiger charge is 2.10. The Morgan fingerprint density at radius 3 is 2.40 bits per heavy atom. The molecule has 2 rings (SSSR count). The maximum atomic E-state index is 11.6. The van der Waals surface area contributed by atoms with E-state index >= 15 is 0 Å². The van der Waals surface area contributed by atoms with Gasteiger partial charge in [0.05, 0.1) is 0 Å². The zero-order valence-electron chi connectivity index (χ0n) is 10.9. The van der Waals surface area contributed by atoms with Gasteiger partial charge in [-0.25, -0.2) is 0 Å². The summed E-state index contributed by atoms with van der Waals surface area (Å²) in [5.41, 5.74) is 0.560. The Bertz CT molecular complexity index is 595. The van der Waals surface area contributed by atoms with Crippen LogP contribution in [0, 0.1) is 6.92 Å². The van der Waals surface area contributed by atoms with Crippen molar-refractivity contribution in [3.05, 3.63) is 47.6 Å². The van der Waals surface area contributed by atoms with Crippen LogP contribution in [-0.4, -0.2) is 35.0 Å². The van der Waals surface area contributed by atoms with Crippen molar-refractivity contribution in [1.82, 2.24) is 20.8 Å². The van der Waals surface area contributed by atoms with Gasteiger partial charge in [0, 0.05) is 25.4 Å². The molecule has 0 spiro atoms. The van der Waals surface area contributed by atoms with Gasteiger partial charge in [0.1, 0.15) is 11.5 Å². The smallest absolute Gasteiger partial charge is 0.273 e. The first kappa shape index (κ1) is 13.7. The summed E-state index contributed by atoms with van der Waals surface area (Å²) in [4.78, 5) is 27.2. The van der Waals surface area contributed by atoms with Crippen LogP contribution in [0.5, 0.6) is 0 Å². The lowest BCUT2D eigenvalue weighted by Crippen LogP contribution is -2.35. The number of aryl methyl sites for hydroxylation is 1. The predicted octanol–water partition coefficient (Wildman–Crippen LogP) is 0.538. The minimum atomic E-state index is -0.339. The van der Waals surface area contributed by atoms with Gasteiger partial charge in [-0.2, -0.15) is 0 Å². The second kappa shape index (κ2) is 6.46. The van der Waals surface area contributed by atoms with Gasteiger partial charge in [-0.3, -0.25) is 14.6 Å². The fraction of sp³-hybridized carbons (Fsp3) is 0.231. The van der Waals surface area contributed by atoms with Crippen molar-refractivity contribution in [2.75, 3.05) is 13.1 Å². The number of amides is 2. The zero-order chi connectivity index (χ0) is 14.4. The third-order valence-electron chi connectivity index (χ3n) is 2.45. The first-order valence-corrected chi connectivity index (χ1v) is 6.07. The molecule has 0 radical (unpaired) electrons. The van der Waals surface area contributed by atoms with Crippen LogP contribution in [0.15, 0.2) is 35.0 Å². The summed E-state index contributed by atoms with van der Waals surface area (Å²) >= 11 is 0. The summed E-state index contributed by atoms with van der Waals surface area (Å²) in [5, 5.41) is 8.87. The normalized spacial score (nSPS) is 10.1. The van der Waals surface area contributed by atoms with Crippen molar-refractivity contribution in [2.24, 2.45) is 0 Å². The van der Waals surface area contributed by atoms with Crippen LogP contribution < -0.4 is 10.6 Å². The molecular formula is C13H14N4O3. The molecule has 2 amide bonds. The average molecular weight is 274 g/mol. The number of hydrogen-bond donors (Lipinski definition) is 2. The lowest BCUT2D eigenvalue weighted by Gasteiger charge is -2.05. The molecule has 0 fully saturated rings. The van der Waals surface area contributed by atoms with E-state index in [0.29, 0.717) is 24.5 Å². The molecule has 0 saturated heterocycles. The standard InChI is InChI=1S/C13H14N4O3/c1-9-8-11(17-20-9)13(19)16-7-6-15-12(18)10-4-2-3-5-14-10/h2-5,8H,6-7H2,1H3,(H,15,18)(H,16,19). The Balaban J connectivity index is 1.72. The van der Waals surface area contributed by atoms with Crippen molar-refractivity contribution >= 4 is 11.8 Å². The zero-order valence-corrected chi connectivity index (χ0v) is 10.9. The van der Waals surface area contributed by atoms with E-state index in [9.17, 15) is 9.59 Å². The highest BCUT2D eigenvalue weighted by Crippen LogP contribution is 2.00. The quantitative estimate of drug-likeness (QED) is 0.775. The van der Waals surface area contributed by atoms with Crippen molar-refractivity contribution in [2.45, 2.75) is 6.92 Å². The first-order chi connectivity index (χ1) is 9.66. The third-order valence-corrected chi connectivity index (χ3v) is 2.45. The van der Waals surface area contributed by atoms with Crippen LogP contribution in [0.1, 0.15) is 26.7 Å². The molecule has 2 aromatic heterocycles. The minimum Gasteiger partial charge on any atom is -0.361 e. The summed E-state index contributed by atoms with van der Waals surface area (Å²) in [6.07, 6.45) is 1.55. The van der Waals surface area contributed by atoms with E-state index in [4.69, 9.17) is 4.52 Å². The Morgan fingerprint density at radius 1 is 1.15 bits per heavy atom. The number of carbonyl (C=O) groups is 2. The lowest BCUT2D eigenvalue weighted by molar-refractivity contribution is 0.0920. The average Bonchev–Trinajstić information content (AvgIpc) is 2.91. The molecule has 0 aromatic carbocycles.